The number of nitrogens with one attached hydrogen (secondary N) is 1. The van der Waals surface area contributed by atoms with Crippen LogP contribution in [0.1, 0.15) is 39.3 Å². The number of halogens is 1. The maximum Gasteiger partial charge on any atom is 0.131 e. The molecule has 1 aromatic carbocycles. The molecule has 3 nitrogen and oxygen atoms in total. The normalized spacial score (nSPS) is 13.5. The molecule has 1 atom stereocenters. The van der Waals surface area contributed by atoms with Gasteiger partial charge in [0.2, 0.25) is 0 Å². The van der Waals surface area contributed by atoms with E-state index < -0.39 is 0 Å². The predicted octanol–water partition coefficient (Wildman–Crippen LogP) is 3.22. The van der Waals surface area contributed by atoms with Crippen LogP contribution in [0.4, 0.5) is 4.39 Å². The molecule has 0 amide bonds. The molecule has 0 radical (unpaired) electrons. The van der Waals surface area contributed by atoms with Gasteiger partial charge < -0.3 is 4.74 Å². The summed E-state index contributed by atoms with van der Waals surface area (Å²) in [6, 6.07) is 4.57. The smallest absolute Gasteiger partial charge is 0.131 e. The van der Waals surface area contributed by atoms with Crippen molar-refractivity contribution in [3.05, 3.63) is 29.6 Å². The molecule has 1 aromatic rings. The summed E-state index contributed by atoms with van der Waals surface area (Å²) in [6.07, 6.45) is 0. The van der Waals surface area contributed by atoms with Gasteiger partial charge >= 0.3 is 0 Å². The standard InChI is InChI=1S/C13H20FNO2/c1-9(15-17-13(2,3)4)11-7-6-10(16-5)8-12(11)14/h6-9,15H,1-5H3. The fraction of sp³-hybridized carbons (Fsp3) is 0.538. The molecule has 96 valence electrons. The number of benzene rings is 1. The average Bonchev–Trinajstić information content (AvgIpc) is 2.24. The van der Waals surface area contributed by atoms with Crippen LogP contribution in [0.2, 0.25) is 0 Å². The van der Waals surface area contributed by atoms with Crippen molar-refractivity contribution >= 4 is 0 Å². The Morgan fingerprint density at radius 3 is 2.41 bits per heavy atom. The number of hydrogen-bond acceptors (Lipinski definition) is 3. The topological polar surface area (TPSA) is 30.5 Å². The molecule has 4 heteroatoms. The van der Waals surface area contributed by atoms with Crippen molar-refractivity contribution in [2.24, 2.45) is 0 Å². The van der Waals surface area contributed by atoms with Crippen LogP contribution in [-0.4, -0.2) is 12.7 Å². The summed E-state index contributed by atoms with van der Waals surface area (Å²) >= 11 is 0. The largest absolute Gasteiger partial charge is 0.497 e. The van der Waals surface area contributed by atoms with Crippen molar-refractivity contribution in [1.82, 2.24) is 5.48 Å². The first-order chi connectivity index (χ1) is 7.83. The highest BCUT2D eigenvalue weighted by Gasteiger charge is 2.16. The Hall–Kier alpha value is -1.13. The molecule has 1 N–H and O–H groups in total. The molecule has 0 saturated carbocycles. The van der Waals surface area contributed by atoms with E-state index in [2.05, 4.69) is 5.48 Å². The van der Waals surface area contributed by atoms with Gasteiger partial charge in [-0.2, -0.15) is 5.48 Å². The van der Waals surface area contributed by atoms with E-state index in [1.165, 1.54) is 13.2 Å². The van der Waals surface area contributed by atoms with Crippen LogP contribution >= 0.6 is 0 Å². The molecule has 0 aliphatic rings. The van der Waals surface area contributed by atoms with Crippen molar-refractivity contribution in [3.8, 4) is 5.75 Å². The van der Waals surface area contributed by atoms with E-state index in [0.717, 1.165) is 0 Å². The maximum atomic E-state index is 13.7. The maximum absolute atomic E-state index is 13.7. The second kappa shape index (κ2) is 5.47. The Balaban J connectivity index is 2.72. The minimum Gasteiger partial charge on any atom is -0.497 e. The van der Waals surface area contributed by atoms with Gasteiger partial charge in [-0.1, -0.05) is 6.07 Å². The Morgan fingerprint density at radius 1 is 1.29 bits per heavy atom. The molecule has 0 aliphatic carbocycles. The average molecular weight is 241 g/mol. The van der Waals surface area contributed by atoms with Gasteiger partial charge in [0, 0.05) is 11.6 Å². The second-order valence-electron chi connectivity index (χ2n) is 4.94. The van der Waals surface area contributed by atoms with Crippen molar-refractivity contribution in [2.75, 3.05) is 7.11 Å². The first-order valence-electron chi connectivity index (χ1n) is 5.60. The molecule has 17 heavy (non-hydrogen) atoms. The van der Waals surface area contributed by atoms with Gasteiger partial charge in [0.05, 0.1) is 18.8 Å². The number of ether oxygens (including phenoxy) is 1. The highest BCUT2D eigenvalue weighted by Crippen LogP contribution is 2.22. The molecular formula is C13H20FNO2. The van der Waals surface area contributed by atoms with Gasteiger partial charge in [-0.05, 0) is 33.8 Å². The van der Waals surface area contributed by atoms with Crippen LogP contribution < -0.4 is 10.2 Å². The van der Waals surface area contributed by atoms with Gasteiger partial charge in [-0.3, -0.25) is 4.84 Å². The summed E-state index contributed by atoms with van der Waals surface area (Å²) in [5, 5.41) is 0. The van der Waals surface area contributed by atoms with Crippen molar-refractivity contribution in [3.63, 3.8) is 0 Å². The van der Waals surface area contributed by atoms with E-state index in [9.17, 15) is 4.39 Å². The van der Waals surface area contributed by atoms with Gasteiger partial charge in [-0.15, -0.1) is 0 Å². The van der Waals surface area contributed by atoms with E-state index in [-0.39, 0.29) is 17.5 Å². The van der Waals surface area contributed by atoms with Crippen LogP contribution in [0.25, 0.3) is 0 Å². The number of rotatable bonds is 4. The second-order valence-corrected chi connectivity index (χ2v) is 4.94. The van der Waals surface area contributed by atoms with Gasteiger partial charge in [0.1, 0.15) is 11.6 Å². The van der Waals surface area contributed by atoms with E-state index in [0.29, 0.717) is 11.3 Å². The van der Waals surface area contributed by atoms with E-state index >= 15 is 0 Å². The zero-order chi connectivity index (χ0) is 13.1. The minimum atomic E-state index is -0.308. The quantitative estimate of drug-likeness (QED) is 0.821. The monoisotopic (exact) mass is 241 g/mol. The highest BCUT2D eigenvalue weighted by molar-refractivity contribution is 5.30. The third-order valence-corrected chi connectivity index (χ3v) is 2.22. The van der Waals surface area contributed by atoms with Crippen LogP contribution in [-0.2, 0) is 4.84 Å². The first kappa shape index (κ1) is 13.9. The van der Waals surface area contributed by atoms with Crippen molar-refractivity contribution < 1.29 is 14.0 Å². The first-order valence-corrected chi connectivity index (χ1v) is 5.60. The zero-order valence-corrected chi connectivity index (χ0v) is 11.0. The van der Waals surface area contributed by atoms with Crippen LogP contribution in [0, 0.1) is 5.82 Å². The Kier molecular flexibility index (Phi) is 4.48. The lowest BCUT2D eigenvalue weighted by Crippen LogP contribution is -2.31. The van der Waals surface area contributed by atoms with Gasteiger partial charge in [0.25, 0.3) is 0 Å². The Morgan fingerprint density at radius 2 is 1.94 bits per heavy atom. The molecule has 0 fully saturated rings. The molecule has 0 bridgehead atoms. The Bertz CT molecular complexity index is 374. The highest BCUT2D eigenvalue weighted by atomic mass is 19.1. The lowest BCUT2D eigenvalue weighted by atomic mass is 10.1. The van der Waals surface area contributed by atoms with Crippen molar-refractivity contribution in [2.45, 2.75) is 39.3 Å². The van der Waals surface area contributed by atoms with Crippen LogP contribution in [0.15, 0.2) is 18.2 Å². The van der Waals surface area contributed by atoms with Gasteiger partial charge in [-0.25, -0.2) is 4.39 Å². The predicted molar refractivity (Wildman–Crippen MR) is 65.3 cm³/mol. The molecule has 0 aromatic heterocycles. The van der Waals surface area contributed by atoms with Crippen LogP contribution in [0.5, 0.6) is 5.75 Å². The number of methoxy groups -OCH3 is 1. The number of hydrogen-bond donors (Lipinski definition) is 1. The summed E-state index contributed by atoms with van der Waals surface area (Å²) in [5.41, 5.74) is 3.08. The van der Waals surface area contributed by atoms with Crippen molar-refractivity contribution in [1.29, 1.82) is 0 Å². The van der Waals surface area contributed by atoms with Crippen LogP contribution in [0.3, 0.4) is 0 Å². The lowest BCUT2D eigenvalue weighted by molar-refractivity contribution is -0.0870. The molecule has 0 heterocycles. The summed E-state index contributed by atoms with van der Waals surface area (Å²) in [6.45, 7) is 7.63. The van der Waals surface area contributed by atoms with E-state index in [4.69, 9.17) is 9.57 Å². The molecule has 0 aliphatic heterocycles. The summed E-state index contributed by atoms with van der Waals surface area (Å²) < 4.78 is 18.7. The number of hydroxylamine groups is 1. The molecule has 1 rings (SSSR count). The fourth-order valence-electron chi connectivity index (χ4n) is 1.31. The molecule has 0 saturated heterocycles. The van der Waals surface area contributed by atoms with E-state index in [1.54, 1.807) is 12.1 Å². The summed E-state index contributed by atoms with van der Waals surface area (Å²) in [7, 11) is 1.51. The molecule has 0 spiro atoms. The Labute approximate surface area is 102 Å². The van der Waals surface area contributed by atoms with E-state index in [1.807, 2.05) is 27.7 Å². The third-order valence-electron chi connectivity index (χ3n) is 2.22. The minimum absolute atomic E-state index is 0.222. The lowest BCUT2D eigenvalue weighted by Gasteiger charge is -2.23. The molecule has 1 unspecified atom stereocenters. The third kappa shape index (κ3) is 4.32. The fourth-order valence-corrected chi connectivity index (χ4v) is 1.31. The SMILES string of the molecule is COc1ccc(C(C)NOC(C)(C)C)c(F)c1. The zero-order valence-electron chi connectivity index (χ0n) is 11.0. The molecular weight excluding hydrogens is 221 g/mol. The summed E-state index contributed by atoms with van der Waals surface area (Å²) in [5.74, 6) is 0.206. The summed E-state index contributed by atoms with van der Waals surface area (Å²) in [4.78, 5) is 5.41. The van der Waals surface area contributed by atoms with Gasteiger partial charge in [0.15, 0.2) is 0 Å².